The molecule has 116 valence electrons. The zero-order valence-electron chi connectivity index (χ0n) is 13.8. The van der Waals surface area contributed by atoms with Gasteiger partial charge >= 0.3 is 0 Å². The molecule has 1 aromatic heterocycles. The molecule has 0 atom stereocenters. The van der Waals surface area contributed by atoms with Gasteiger partial charge < -0.3 is 4.90 Å². The van der Waals surface area contributed by atoms with Crippen molar-refractivity contribution in [1.29, 1.82) is 0 Å². The Labute approximate surface area is 130 Å². The van der Waals surface area contributed by atoms with Gasteiger partial charge in [0, 0.05) is 31.2 Å². The molecular formula is C19H30N2. The van der Waals surface area contributed by atoms with E-state index in [-0.39, 0.29) is 0 Å². The Bertz CT molecular complexity index is 418. The van der Waals surface area contributed by atoms with Gasteiger partial charge in [0.2, 0.25) is 0 Å². The SMILES string of the molecule is CN(C)c1cc(CC2CCCC2)nc(CC2CCCC2)c1. The number of aromatic nitrogens is 1. The molecule has 2 aliphatic rings. The summed E-state index contributed by atoms with van der Waals surface area (Å²) in [4.78, 5) is 7.25. The molecule has 0 unspecified atom stereocenters. The van der Waals surface area contributed by atoms with Gasteiger partial charge in [-0.1, -0.05) is 51.4 Å². The zero-order valence-corrected chi connectivity index (χ0v) is 13.8. The number of hydrogen-bond acceptors (Lipinski definition) is 2. The fraction of sp³-hybridized carbons (Fsp3) is 0.737. The van der Waals surface area contributed by atoms with Gasteiger partial charge in [0.15, 0.2) is 0 Å². The molecule has 2 heteroatoms. The van der Waals surface area contributed by atoms with Gasteiger partial charge in [-0.05, 0) is 36.8 Å². The standard InChI is InChI=1S/C19H30N2/c1-21(2)19-13-17(11-15-7-3-4-8-15)20-18(14-19)12-16-9-5-6-10-16/h13-16H,3-12H2,1-2H3. The van der Waals surface area contributed by atoms with Gasteiger partial charge in [0.05, 0.1) is 0 Å². The van der Waals surface area contributed by atoms with E-state index in [0.717, 1.165) is 11.8 Å². The van der Waals surface area contributed by atoms with Crippen molar-refractivity contribution in [1.82, 2.24) is 4.98 Å². The van der Waals surface area contributed by atoms with Gasteiger partial charge in [-0.25, -0.2) is 0 Å². The molecule has 1 aromatic rings. The Morgan fingerprint density at radius 3 is 1.67 bits per heavy atom. The first-order chi connectivity index (χ1) is 10.2. The van der Waals surface area contributed by atoms with E-state index in [0.29, 0.717) is 0 Å². The van der Waals surface area contributed by atoms with Gasteiger partial charge in [-0.3, -0.25) is 4.98 Å². The van der Waals surface area contributed by atoms with E-state index in [4.69, 9.17) is 4.98 Å². The Hall–Kier alpha value is -1.05. The summed E-state index contributed by atoms with van der Waals surface area (Å²) in [6.45, 7) is 0. The predicted molar refractivity (Wildman–Crippen MR) is 89.9 cm³/mol. The summed E-state index contributed by atoms with van der Waals surface area (Å²) in [5, 5.41) is 0. The lowest BCUT2D eigenvalue weighted by Crippen LogP contribution is -2.13. The molecule has 3 rings (SSSR count). The maximum atomic E-state index is 5.02. The van der Waals surface area contributed by atoms with E-state index < -0.39 is 0 Å². The molecule has 2 fully saturated rings. The monoisotopic (exact) mass is 286 g/mol. The second kappa shape index (κ2) is 6.81. The summed E-state index contributed by atoms with van der Waals surface area (Å²) in [5.74, 6) is 1.77. The lowest BCUT2D eigenvalue weighted by molar-refractivity contribution is 0.524. The molecule has 2 aliphatic carbocycles. The first kappa shape index (κ1) is 14.9. The average molecular weight is 286 g/mol. The van der Waals surface area contributed by atoms with Crippen LogP contribution < -0.4 is 4.90 Å². The quantitative estimate of drug-likeness (QED) is 0.785. The number of nitrogens with zero attached hydrogens (tertiary/aromatic N) is 2. The minimum Gasteiger partial charge on any atom is -0.378 e. The molecule has 2 saturated carbocycles. The molecule has 0 aromatic carbocycles. The van der Waals surface area contributed by atoms with Crippen molar-refractivity contribution in [3.63, 3.8) is 0 Å². The predicted octanol–water partition coefficient (Wildman–Crippen LogP) is 4.61. The maximum absolute atomic E-state index is 5.02. The van der Waals surface area contributed by atoms with E-state index in [1.165, 1.54) is 81.3 Å². The maximum Gasteiger partial charge on any atom is 0.0430 e. The first-order valence-corrected chi connectivity index (χ1v) is 8.88. The summed E-state index contributed by atoms with van der Waals surface area (Å²) in [6, 6.07) is 4.63. The van der Waals surface area contributed by atoms with Crippen molar-refractivity contribution in [2.24, 2.45) is 11.8 Å². The molecule has 0 saturated heterocycles. The lowest BCUT2D eigenvalue weighted by Gasteiger charge is -2.18. The third kappa shape index (κ3) is 3.99. The van der Waals surface area contributed by atoms with Crippen LogP contribution in [0.25, 0.3) is 0 Å². The number of pyridine rings is 1. The van der Waals surface area contributed by atoms with Crippen molar-refractivity contribution in [2.75, 3.05) is 19.0 Å². The Balaban J connectivity index is 1.75. The van der Waals surface area contributed by atoms with Crippen LogP contribution in [0.2, 0.25) is 0 Å². The van der Waals surface area contributed by atoms with Crippen LogP contribution >= 0.6 is 0 Å². The van der Waals surface area contributed by atoms with Gasteiger partial charge in [0.25, 0.3) is 0 Å². The zero-order chi connectivity index (χ0) is 14.7. The largest absolute Gasteiger partial charge is 0.378 e. The summed E-state index contributed by atoms with van der Waals surface area (Å²) < 4.78 is 0. The van der Waals surface area contributed by atoms with Crippen LogP contribution in [0.5, 0.6) is 0 Å². The minimum atomic E-state index is 0.884. The van der Waals surface area contributed by atoms with E-state index in [1.54, 1.807) is 0 Å². The first-order valence-electron chi connectivity index (χ1n) is 8.88. The molecule has 0 amide bonds. The summed E-state index contributed by atoms with van der Waals surface area (Å²) in [6.07, 6.45) is 13.7. The van der Waals surface area contributed by atoms with Crippen LogP contribution in [0.3, 0.4) is 0 Å². The van der Waals surface area contributed by atoms with Crippen LogP contribution in [0.1, 0.15) is 62.8 Å². The Kier molecular flexibility index (Phi) is 4.82. The normalized spacial score (nSPS) is 20.3. The average Bonchev–Trinajstić information content (AvgIpc) is 3.12. The molecule has 21 heavy (non-hydrogen) atoms. The lowest BCUT2D eigenvalue weighted by atomic mass is 9.98. The summed E-state index contributed by atoms with van der Waals surface area (Å²) in [7, 11) is 4.29. The van der Waals surface area contributed by atoms with Crippen LogP contribution in [-0.4, -0.2) is 19.1 Å². The van der Waals surface area contributed by atoms with Crippen LogP contribution in [-0.2, 0) is 12.8 Å². The smallest absolute Gasteiger partial charge is 0.0430 e. The minimum absolute atomic E-state index is 0.884. The summed E-state index contributed by atoms with van der Waals surface area (Å²) >= 11 is 0. The number of anilines is 1. The molecule has 0 radical (unpaired) electrons. The molecule has 0 bridgehead atoms. The van der Waals surface area contributed by atoms with Gasteiger partial charge in [0.1, 0.15) is 0 Å². The van der Waals surface area contributed by atoms with Crippen molar-refractivity contribution in [3.05, 3.63) is 23.5 Å². The second-order valence-electron chi connectivity index (χ2n) is 7.41. The molecule has 0 N–H and O–H groups in total. The van der Waals surface area contributed by atoms with Crippen molar-refractivity contribution < 1.29 is 0 Å². The third-order valence-corrected chi connectivity index (χ3v) is 5.38. The van der Waals surface area contributed by atoms with Crippen molar-refractivity contribution >= 4 is 5.69 Å². The fourth-order valence-electron chi connectivity index (χ4n) is 4.12. The second-order valence-corrected chi connectivity index (χ2v) is 7.41. The highest BCUT2D eigenvalue weighted by atomic mass is 15.1. The molecular weight excluding hydrogens is 256 g/mol. The fourth-order valence-corrected chi connectivity index (χ4v) is 4.12. The molecule has 1 heterocycles. The molecule has 0 aliphatic heterocycles. The Morgan fingerprint density at radius 1 is 0.857 bits per heavy atom. The highest BCUT2D eigenvalue weighted by Crippen LogP contribution is 2.31. The van der Waals surface area contributed by atoms with Gasteiger partial charge in [-0.2, -0.15) is 0 Å². The van der Waals surface area contributed by atoms with E-state index in [1.807, 2.05) is 0 Å². The van der Waals surface area contributed by atoms with Crippen LogP contribution in [0.4, 0.5) is 5.69 Å². The molecule has 0 spiro atoms. The van der Waals surface area contributed by atoms with Crippen LogP contribution in [0, 0.1) is 11.8 Å². The molecule has 2 nitrogen and oxygen atoms in total. The topological polar surface area (TPSA) is 16.1 Å². The Morgan fingerprint density at radius 2 is 1.29 bits per heavy atom. The van der Waals surface area contributed by atoms with E-state index in [2.05, 4.69) is 31.1 Å². The number of hydrogen-bond donors (Lipinski definition) is 0. The number of rotatable bonds is 5. The third-order valence-electron chi connectivity index (χ3n) is 5.38. The highest BCUT2D eigenvalue weighted by Gasteiger charge is 2.19. The van der Waals surface area contributed by atoms with E-state index >= 15 is 0 Å². The van der Waals surface area contributed by atoms with Gasteiger partial charge in [-0.15, -0.1) is 0 Å². The highest BCUT2D eigenvalue weighted by molar-refractivity contribution is 5.47. The van der Waals surface area contributed by atoms with Crippen molar-refractivity contribution in [2.45, 2.75) is 64.2 Å². The van der Waals surface area contributed by atoms with Crippen LogP contribution in [0.15, 0.2) is 12.1 Å². The van der Waals surface area contributed by atoms with Crippen molar-refractivity contribution in [3.8, 4) is 0 Å². The summed E-state index contributed by atoms with van der Waals surface area (Å²) in [5.41, 5.74) is 4.01. The van der Waals surface area contributed by atoms with E-state index in [9.17, 15) is 0 Å².